The van der Waals surface area contributed by atoms with Gasteiger partial charge in [-0.05, 0) is 63.6 Å². The first-order chi connectivity index (χ1) is 17.9. The summed E-state index contributed by atoms with van der Waals surface area (Å²) in [6.45, 7) is 9.45. The molecule has 2 aliphatic heterocycles. The third kappa shape index (κ3) is 10.8. The van der Waals surface area contributed by atoms with Crippen molar-refractivity contribution in [3.63, 3.8) is 0 Å². The van der Waals surface area contributed by atoms with Gasteiger partial charge in [-0.3, -0.25) is 9.59 Å². The summed E-state index contributed by atoms with van der Waals surface area (Å²) in [5, 5.41) is 8.12. The van der Waals surface area contributed by atoms with Crippen LogP contribution < -0.4 is 20.7 Å². The summed E-state index contributed by atoms with van der Waals surface area (Å²) in [6.07, 6.45) is 4.23. The van der Waals surface area contributed by atoms with Gasteiger partial charge in [0.25, 0.3) is 0 Å². The summed E-state index contributed by atoms with van der Waals surface area (Å²) in [5.74, 6) is -0.924. The fraction of sp³-hybridized carbons (Fsp3) is 0.571. The lowest BCUT2D eigenvalue weighted by molar-refractivity contribution is -0.145. The van der Waals surface area contributed by atoms with Gasteiger partial charge in [-0.1, -0.05) is 38.1 Å². The number of carbonyl (C=O) groups is 4. The van der Waals surface area contributed by atoms with E-state index in [0.717, 1.165) is 5.56 Å². The molecule has 0 unspecified atom stereocenters. The second-order valence-corrected chi connectivity index (χ2v) is 10.7. The number of esters is 1. The highest BCUT2D eigenvalue weighted by Crippen LogP contribution is 2.16. The van der Waals surface area contributed by atoms with Crippen LogP contribution in [0.15, 0.2) is 36.4 Å². The molecule has 10 heteroatoms. The van der Waals surface area contributed by atoms with E-state index in [2.05, 4.69) is 16.0 Å². The number of rotatable bonds is 4. The largest absolute Gasteiger partial charge is 0.493 e. The van der Waals surface area contributed by atoms with Gasteiger partial charge in [0.1, 0.15) is 29.5 Å². The smallest absolute Gasteiger partial charge is 0.408 e. The van der Waals surface area contributed by atoms with Crippen molar-refractivity contribution in [3.8, 4) is 5.75 Å². The standard InChI is InChI=1S/C28H41N3O7/c1-18(2)16-22-24(32)29-21(26(34)36-6)10-8-7-9-15-37-20-13-11-19(12-14-20)17-23(25(33)30-22)31-27(35)38-28(3,4)5/h7-8,11-14,18,21-23H,9-10,15-17H2,1-6H3,(H,29,32)(H,30,33)(H,31,35)/t21-,22-,23-/m0/s1. The predicted octanol–water partition coefficient (Wildman–Crippen LogP) is 3.04. The van der Waals surface area contributed by atoms with Crippen LogP contribution in [0.5, 0.6) is 5.75 Å². The van der Waals surface area contributed by atoms with Crippen LogP contribution in [0.3, 0.4) is 0 Å². The highest BCUT2D eigenvalue weighted by Gasteiger charge is 2.31. The Bertz CT molecular complexity index is 983. The summed E-state index contributed by atoms with van der Waals surface area (Å²) in [5.41, 5.74) is 0.0251. The Labute approximate surface area is 224 Å². The number of methoxy groups -OCH3 is 1. The predicted molar refractivity (Wildman–Crippen MR) is 143 cm³/mol. The molecule has 2 bridgehead atoms. The summed E-state index contributed by atoms with van der Waals surface area (Å²) in [6, 6.07) is 4.38. The molecule has 0 aromatic heterocycles. The van der Waals surface area contributed by atoms with Gasteiger partial charge in [-0.15, -0.1) is 0 Å². The first-order valence-corrected chi connectivity index (χ1v) is 12.9. The zero-order chi connectivity index (χ0) is 28.3. The van der Waals surface area contributed by atoms with Gasteiger partial charge in [0.05, 0.1) is 13.7 Å². The number of hydrogen-bond donors (Lipinski definition) is 3. The molecule has 0 saturated carbocycles. The zero-order valence-corrected chi connectivity index (χ0v) is 23.2. The van der Waals surface area contributed by atoms with Crippen LogP contribution >= 0.6 is 0 Å². The molecule has 0 aliphatic carbocycles. The SMILES string of the molecule is COC(=O)[C@@H]1CC=CCCOc2ccc(cc2)C[C@H](NC(=O)OC(C)(C)C)C(=O)N[C@@H](CC(C)C)C(=O)N1. The maximum atomic E-state index is 13.4. The van der Waals surface area contributed by atoms with E-state index in [4.69, 9.17) is 14.2 Å². The van der Waals surface area contributed by atoms with Crippen molar-refractivity contribution in [1.82, 2.24) is 16.0 Å². The van der Waals surface area contributed by atoms with Crippen molar-refractivity contribution >= 4 is 23.9 Å². The van der Waals surface area contributed by atoms with Gasteiger partial charge in [0.2, 0.25) is 11.8 Å². The third-order valence-electron chi connectivity index (χ3n) is 5.60. The Morgan fingerprint density at radius 1 is 1.08 bits per heavy atom. The number of benzene rings is 1. The Kier molecular flexibility index (Phi) is 11.6. The molecule has 0 radical (unpaired) electrons. The first-order valence-electron chi connectivity index (χ1n) is 12.9. The zero-order valence-electron chi connectivity index (χ0n) is 23.2. The van der Waals surface area contributed by atoms with E-state index in [9.17, 15) is 19.2 Å². The minimum atomic E-state index is -1.02. The van der Waals surface area contributed by atoms with Gasteiger partial charge < -0.3 is 30.2 Å². The molecule has 3 N–H and O–H groups in total. The third-order valence-corrected chi connectivity index (χ3v) is 5.60. The molecule has 3 amide bonds. The topological polar surface area (TPSA) is 132 Å². The maximum Gasteiger partial charge on any atom is 0.408 e. The Hall–Kier alpha value is -3.56. The molecule has 0 fully saturated rings. The highest BCUT2D eigenvalue weighted by molar-refractivity contribution is 5.93. The lowest BCUT2D eigenvalue weighted by Gasteiger charge is -2.27. The average molecular weight is 532 g/mol. The van der Waals surface area contributed by atoms with Gasteiger partial charge in [0.15, 0.2) is 0 Å². The lowest BCUT2D eigenvalue weighted by atomic mass is 10.0. The Morgan fingerprint density at radius 2 is 1.76 bits per heavy atom. The Balaban J connectivity index is 2.38. The van der Waals surface area contributed by atoms with Gasteiger partial charge in [0, 0.05) is 6.42 Å². The molecular formula is C28H41N3O7. The quantitative estimate of drug-likeness (QED) is 0.402. The number of fused-ring (bicyclic) bond motifs is 14. The van der Waals surface area contributed by atoms with Crippen molar-refractivity contribution in [2.75, 3.05) is 13.7 Å². The minimum Gasteiger partial charge on any atom is -0.493 e. The molecule has 0 spiro atoms. The second kappa shape index (κ2) is 14.4. The molecule has 210 valence electrons. The van der Waals surface area contributed by atoms with E-state index in [0.29, 0.717) is 25.2 Å². The molecule has 1 aromatic rings. The molecule has 2 heterocycles. The molecule has 1 aromatic carbocycles. The minimum absolute atomic E-state index is 0.0604. The summed E-state index contributed by atoms with van der Waals surface area (Å²) in [4.78, 5) is 51.6. The van der Waals surface area contributed by atoms with Crippen LogP contribution in [0.25, 0.3) is 0 Å². The molecule has 3 atom stereocenters. The van der Waals surface area contributed by atoms with Gasteiger partial charge in [-0.25, -0.2) is 9.59 Å². The normalized spacial score (nSPS) is 21.4. The Morgan fingerprint density at radius 3 is 2.37 bits per heavy atom. The van der Waals surface area contributed by atoms with Crippen molar-refractivity contribution < 1.29 is 33.4 Å². The average Bonchev–Trinajstić information content (AvgIpc) is 2.82. The lowest BCUT2D eigenvalue weighted by Crippen LogP contribution is -2.56. The van der Waals surface area contributed by atoms with E-state index in [1.165, 1.54) is 7.11 Å². The second-order valence-electron chi connectivity index (χ2n) is 10.7. The molecule has 10 nitrogen and oxygen atoms in total. The van der Waals surface area contributed by atoms with E-state index >= 15 is 0 Å². The van der Waals surface area contributed by atoms with Gasteiger partial charge >= 0.3 is 12.1 Å². The number of hydrogen-bond acceptors (Lipinski definition) is 7. The molecule has 0 saturated heterocycles. The van der Waals surface area contributed by atoms with Crippen LogP contribution in [-0.4, -0.2) is 61.3 Å². The maximum absolute atomic E-state index is 13.4. The highest BCUT2D eigenvalue weighted by atomic mass is 16.6. The van der Waals surface area contributed by atoms with Crippen LogP contribution in [0.1, 0.15) is 59.4 Å². The van der Waals surface area contributed by atoms with E-state index < -0.39 is 47.6 Å². The molecule has 38 heavy (non-hydrogen) atoms. The number of amides is 3. The summed E-state index contributed by atoms with van der Waals surface area (Å²) >= 11 is 0. The number of ether oxygens (including phenoxy) is 3. The number of nitrogens with one attached hydrogen (secondary N) is 3. The monoisotopic (exact) mass is 531 g/mol. The molecular weight excluding hydrogens is 490 g/mol. The van der Waals surface area contributed by atoms with E-state index in [1.807, 2.05) is 32.1 Å². The summed E-state index contributed by atoms with van der Waals surface area (Å²) in [7, 11) is 1.25. The first kappa shape index (κ1) is 30.7. The van der Waals surface area contributed by atoms with Crippen molar-refractivity contribution in [3.05, 3.63) is 42.0 Å². The van der Waals surface area contributed by atoms with Crippen molar-refractivity contribution in [2.45, 2.75) is 84.0 Å². The molecule has 2 aliphatic rings. The number of alkyl carbamates (subject to hydrolysis) is 1. The van der Waals surface area contributed by atoms with Crippen LogP contribution in [0.2, 0.25) is 0 Å². The van der Waals surface area contributed by atoms with Crippen LogP contribution in [0, 0.1) is 5.92 Å². The fourth-order valence-corrected chi connectivity index (χ4v) is 3.82. The fourth-order valence-electron chi connectivity index (χ4n) is 3.82. The van der Waals surface area contributed by atoms with Crippen LogP contribution in [-0.2, 0) is 30.3 Å². The van der Waals surface area contributed by atoms with Crippen LogP contribution in [0.4, 0.5) is 4.79 Å². The van der Waals surface area contributed by atoms with Crippen molar-refractivity contribution in [1.29, 1.82) is 0 Å². The number of carbonyl (C=O) groups excluding carboxylic acids is 4. The molecule has 3 rings (SSSR count). The summed E-state index contributed by atoms with van der Waals surface area (Å²) < 4.78 is 16.0. The van der Waals surface area contributed by atoms with Gasteiger partial charge in [-0.2, -0.15) is 0 Å². The van der Waals surface area contributed by atoms with Crippen molar-refractivity contribution in [2.24, 2.45) is 5.92 Å². The van der Waals surface area contributed by atoms with E-state index in [-0.39, 0.29) is 18.8 Å². The van der Waals surface area contributed by atoms with E-state index in [1.54, 1.807) is 39.0 Å².